The van der Waals surface area contributed by atoms with Crippen molar-refractivity contribution < 1.29 is 22.7 Å². The van der Waals surface area contributed by atoms with Crippen molar-refractivity contribution in [2.45, 2.75) is 11.7 Å². The Hall–Kier alpha value is -1.67. The van der Waals surface area contributed by atoms with Crippen LogP contribution in [0.3, 0.4) is 0 Å². The first-order chi connectivity index (χ1) is 11.8. The monoisotopic (exact) mass is 431 g/mol. The molecule has 2 aromatic rings. The molecule has 0 spiro atoms. The normalized spacial score (nSPS) is 17.6. The summed E-state index contributed by atoms with van der Waals surface area (Å²) in [6.45, 7) is 0.588. The van der Waals surface area contributed by atoms with E-state index in [1.54, 1.807) is 16.7 Å². The summed E-state index contributed by atoms with van der Waals surface area (Å²) < 4.78 is 41.4. The van der Waals surface area contributed by atoms with E-state index in [9.17, 15) is 18.0 Å². The molecule has 1 aliphatic rings. The van der Waals surface area contributed by atoms with Gasteiger partial charge in [-0.1, -0.05) is 28.1 Å². The lowest BCUT2D eigenvalue weighted by Crippen LogP contribution is -2.30. The fraction of sp³-hybridized carbons (Fsp3) is 0.235. The first-order valence-electron chi connectivity index (χ1n) is 7.37. The molecule has 3 nitrogen and oxygen atoms in total. The van der Waals surface area contributed by atoms with Crippen LogP contribution >= 0.6 is 27.7 Å². The number of alkyl halides is 3. The number of amides is 1. The summed E-state index contributed by atoms with van der Waals surface area (Å²) in [5, 5.41) is -0.105. The second kappa shape index (κ2) is 7.29. The average molecular weight is 432 g/mol. The largest absolute Gasteiger partial charge is 0.573 e. The van der Waals surface area contributed by atoms with Crippen LogP contribution in [0.25, 0.3) is 0 Å². The van der Waals surface area contributed by atoms with Gasteiger partial charge in [0.15, 0.2) is 0 Å². The minimum Gasteiger partial charge on any atom is -0.406 e. The lowest BCUT2D eigenvalue weighted by molar-refractivity contribution is -0.274. The highest BCUT2D eigenvalue weighted by atomic mass is 79.9. The molecule has 0 radical (unpaired) electrons. The Morgan fingerprint density at radius 3 is 2.36 bits per heavy atom. The van der Waals surface area contributed by atoms with E-state index in [1.165, 1.54) is 12.1 Å². The number of carbonyl (C=O) groups is 1. The zero-order valence-electron chi connectivity index (χ0n) is 12.8. The van der Waals surface area contributed by atoms with Crippen LogP contribution in [0.2, 0.25) is 0 Å². The molecule has 1 atom stereocenters. The van der Waals surface area contributed by atoms with Gasteiger partial charge >= 0.3 is 6.36 Å². The third kappa shape index (κ3) is 4.49. The van der Waals surface area contributed by atoms with Crippen molar-refractivity contribution in [2.24, 2.45) is 0 Å². The number of benzene rings is 2. The maximum atomic E-state index is 12.7. The van der Waals surface area contributed by atoms with Crippen LogP contribution in [-0.2, 0) is 0 Å². The van der Waals surface area contributed by atoms with Gasteiger partial charge in [0.25, 0.3) is 5.91 Å². The molecule has 1 unspecified atom stereocenters. The highest BCUT2D eigenvalue weighted by Crippen LogP contribution is 2.39. The summed E-state index contributed by atoms with van der Waals surface area (Å²) in [6, 6.07) is 12.7. The summed E-state index contributed by atoms with van der Waals surface area (Å²) >= 11 is 5.04. The van der Waals surface area contributed by atoms with Gasteiger partial charge in [-0.3, -0.25) is 4.79 Å². The van der Waals surface area contributed by atoms with Crippen molar-refractivity contribution in [2.75, 3.05) is 12.3 Å². The van der Waals surface area contributed by atoms with E-state index < -0.39 is 6.36 Å². The van der Waals surface area contributed by atoms with Crippen LogP contribution in [0, 0.1) is 0 Å². The molecule has 3 rings (SSSR count). The van der Waals surface area contributed by atoms with Gasteiger partial charge in [-0.2, -0.15) is 0 Å². The van der Waals surface area contributed by atoms with Gasteiger partial charge in [0, 0.05) is 22.3 Å². The van der Waals surface area contributed by atoms with Crippen LogP contribution in [0.4, 0.5) is 13.2 Å². The van der Waals surface area contributed by atoms with E-state index in [-0.39, 0.29) is 17.0 Å². The average Bonchev–Trinajstić information content (AvgIpc) is 3.04. The Labute approximate surface area is 155 Å². The van der Waals surface area contributed by atoms with Crippen molar-refractivity contribution >= 4 is 33.6 Å². The van der Waals surface area contributed by atoms with Crippen molar-refractivity contribution in [3.63, 3.8) is 0 Å². The minimum absolute atomic E-state index is 0.105. The quantitative estimate of drug-likeness (QED) is 0.665. The molecule has 1 heterocycles. The lowest BCUT2D eigenvalue weighted by Gasteiger charge is -2.24. The molecule has 132 valence electrons. The number of ether oxygens (including phenoxy) is 1. The molecule has 0 N–H and O–H groups in total. The maximum Gasteiger partial charge on any atom is 0.573 e. The number of hydrogen-bond acceptors (Lipinski definition) is 3. The number of rotatable bonds is 3. The van der Waals surface area contributed by atoms with E-state index in [0.29, 0.717) is 12.1 Å². The topological polar surface area (TPSA) is 29.5 Å². The second-order valence-electron chi connectivity index (χ2n) is 5.35. The molecule has 0 aromatic heterocycles. The van der Waals surface area contributed by atoms with E-state index in [0.717, 1.165) is 27.9 Å². The highest BCUT2D eigenvalue weighted by molar-refractivity contribution is 9.10. The molecular weight excluding hydrogens is 419 g/mol. The van der Waals surface area contributed by atoms with Gasteiger partial charge in [0.1, 0.15) is 11.1 Å². The molecule has 25 heavy (non-hydrogen) atoms. The summed E-state index contributed by atoms with van der Waals surface area (Å²) in [5.74, 6) is 0.252. The molecule has 1 fully saturated rings. The van der Waals surface area contributed by atoms with Gasteiger partial charge in [-0.05, 0) is 42.0 Å². The second-order valence-corrected chi connectivity index (χ2v) is 7.45. The van der Waals surface area contributed by atoms with Gasteiger partial charge in [0.2, 0.25) is 0 Å². The van der Waals surface area contributed by atoms with Gasteiger partial charge in [0.05, 0.1) is 0 Å². The zero-order valence-corrected chi connectivity index (χ0v) is 15.2. The molecule has 0 bridgehead atoms. The minimum atomic E-state index is -4.75. The van der Waals surface area contributed by atoms with Crippen LogP contribution in [0.5, 0.6) is 5.75 Å². The zero-order chi connectivity index (χ0) is 18.0. The maximum absolute atomic E-state index is 12.7. The van der Waals surface area contributed by atoms with E-state index in [1.807, 2.05) is 24.3 Å². The third-order valence-electron chi connectivity index (χ3n) is 3.64. The van der Waals surface area contributed by atoms with Crippen molar-refractivity contribution in [1.29, 1.82) is 0 Å². The summed E-state index contributed by atoms with van der Waals surface area (Å²) in [7, 11) is 0. The fourth-order valence-corrected chi connectivity index (χ4v) is 4.07. The number of nitrogens with zero attached hydrogens (tertiary/aromatic N) is 1. The van der Waals surface area contributed by atoms with Gasteiger partial charge in [-0.15, -0.1) is 24.9 Å². The fourth-order valence-electron chi connectivity index (χ4n) is 2.55. The predicted octanol–water partition coefficient (Wildman–Crippen LogP) is 5.24. The molecule has 1 saturated heterocycles. The van der Waals surface area contributed by atoms with Crippen LogP contribution in [-0.4, -0.2) is 29.5 Å². The molecule has 1 aliphatic heterocycles. The van der Waals surface area contributed by atoms with Crippen molar-refractivity contribution in [3.05, 3.63) is 64.1 Å². The Bertz CT molecular complexity index is 750. The SMILES string of the molecule is O=C(c1ccc(OC(F)(F)F)cc1)N1CCSC1c1ccc(Br)cc1. The lowest BCUT2D eigenvalue weighted by atomic mass is 10.1. The molecule has 0 saturated carbocycles. The smallest absolute Gasteiger partial charge is 0.406 e. The standard InChI is InChI=1S/C17H13BrF3NO2S/c18-13-5-1-12(2-6-13)16-22(9-10-25-16)15(23)11-3-7-14(8-4-11)24-17(19,20)21/h1-8,16H,9-10H2. The Morgan fingerprint density at radius 1 is 1.12 bits per heavy atom. The molecular formula is C17H13BrF3NO2S. The van der Waals surface area contributed by atoms with Crippen molar-refractivity contribution in [3.8, 4) is 5.75 Å². The number of carbonyl (C=O) groups excluding carboxylic acids is 1. The van der Waals surface area contributed by atoms with E-state index in [2.05, 4.69) is 20.7 Å². The van der Waals surface area contributed by atoms with E-state index >= 15 is 0 Å². The summed E-state index contributed by atoms with van der Waals surface area (Å²) in [5.41, 5.74) is 1.34. The first-order valence-corrected chi connectivity index (χ1v) is 9.21. The molecule has 0 aliphatic carbocycles. The Balaban J connectivity index is 1.76. The van der Waals surface area contributed by atoms with Crippen LogP contribution < -0.4 is 4.74 Å². The number of thioether (sulfide) groups is 1. The summed E-state index contributed by atoms with van der Waals surface area (Å²) in [6.07, 6.45) is -4.75. The van der Waals surface area contributed by atoms with E-state index in [4.69, 9.17) is 0 Å². The predicted molar refractivity (Wildman–Crippen MR) is 93.5 cm³/mol. The Kier molecular flexibility index (Phi) is 5.29. The summed E-state index contributed by atoms with van der Waals surface area (Å²) in [4.78, 5) is 14.5. The Morgan fingerprint density at radius 2 is 1.76 bits per heavy atom. The van der Waals surface area contributed by atoms with Gasteiger partial charge in [-0.25, -0.2) is 0 Å². The number of hydrogen-bond donors (Lipinski definition) is 0. The molecule has 1 amide bonds. The van der Waals surface area contributed by atoms with Crippen LogP contribution in [0.1, 0.15) is 21.3 Å². The van der Waals surface area contributed by atoms with Crippen LogP contribution in [0.15, 0.2) is 53.0 Å². The van der Waals surface area contributed by atoms with Crippen molar-refractivity contribution in [1.82, 2.24) is 4.90 Å². The molecule has 2 aromatic carbocycles. The number of halogens is 4. The highest BCUT2D eigenvalue weighted by Gasteiger charge is 2.32. The first kappa shape index (κ1) is 18.1. The molecule has 8 heteroatoms. The third-order valence-corrected chi connectivity index (χ3v) is 5.43. The van der Waals surface area contributed by atoms with Gasteiger partial charge < -0.3 is 9.64 Å².